The fourth-order valence-corrected chi connectivity index (χ4v) is 1.18. The van der Waals surface area contributed by atoms with E-state index in [0.29, 0.717) is 0 Å². The number of carbonyl (C=O) groups excluding carboxylic acids is 1. The summed E-state index contributed by atoms with van der Waals surface area (Å²) in [5.41, 5.74) is 0.173. The Morgan fingerprint density at radius 1 is 1.43 bits per heavy atom. The highest BCUT2D eigenvalue weighted by molar-refractivity contribution is 5.98. The highest BCUT2D eigenvalue weighted by Crippen LogP contribution is 2.23. The molecule has 3 heteroatoms. The normalized spacial score (nSPS) is 10.6. The first kappa shape index (κ1) is 10.7. The zero-order chi connectivity index (χ0) is 10.9. The number of halogens is 1. The molecule has 0 radical (unpaired) electrons. The summed E-state index contributed by atoms with van der Waals surface area (Å²) >= 11 is 0. The number of carbonyl (C=O) groups is 1. The highest BCUT2D eigenvalue weighted by atomic mass is 19.1. The quantitative estimate of drug-likeness (QED) is 0.738. The lowest BCUT2D eigenvalue weighted by Crippen LogP contribution is -2.10. The molecule has 0 aliphatic carbocycles. The maximum absolute atomic E-state index is 13.5. The molecule has 0 spiro atoms. The number of phenolic OH excluding ortho intramolecular Hbond substituents is 1. The molecule has 0 heterocycles. The van der Waals surface area contributed by atoms with Crippen molar-refractivity contribution in [2.75, 3.05) is 0 Å². The third-order valence-corrected chi connectivity index (χ3v) is 2.15. The number of aromatic hydroxyl groups is 1. The van der Waals surface area contributed by atoms with Crippen molar-refractivity contribution in [1.29, 1.82) is 0 Å². The van der Waals surface area contributed by atoms with Crippen LogP contribution in [0.15, 0.2) is 12.1 Å². The molecule has 1 aromatic carbocycles. The lowest BCUT2D eigenvalue weighted by Gasteiger charge is -2.08. The van der Waals surface area contributed by atoms with E-state index in [9.17, 15) is 14.3 Å². The summed E-state index contributed by atoms with van der Waals surface area (Å²) in [7, 11) is 0. The van der Waals surface area contributed by atoms with Crippen LogP contribution in [0.4, 0.5) is 4.39 Å². The molecule has 2 nitrogen and oxygen atoms in total. The predicted molar refractivity (Wildman–Crippen MR) is 52.0 cm³/mol. The lowest BCUT2D eigenvalue weighted by atomic mass is 9.98. The van der Waals surface area contributed by atoms with Crippen molar-refractivity contribution in [3.8, 4) is 5.75 Å². The minimum atomic E-state index is -0.622. The van der Waals surface area contributed by atoms with Crippen LogP contribution in [-0.2, 0) is 0 Å². The van der Waals surface area contributed by atoms with Gasteiger partial charge in [0, 0.05) is 11.5 Å². The first-order valence-electron chi connectivity index (χ1n) is 4.47. The van der Waals surface area contributed by atoms with E-state index in [1.54, 1.807) is 13.8 Å². The van der Waals surface area contributed by atoms with Gasteiger partial charge < -0.3 is 5.11 Å². The summed E-state index contributed by atoms with van der Waals surface area (Å²) in [4.78, 5) is 11.5. The molecule has 0 aliphatic heterocycles. The van der Waals surface area contributed by atoms with Gasteiger partial charge in [0.25, 0.3) is 0 Å². The van der Waals surface area contributed by atoms with E-state index in [-0.39, 0.29) is 28.6 Å². The lowest BCUT2D eigenvalue weighted by molar-refractivity contribution is 0.0935. The second kappa shape index (κ2) is 3.78. The average Bonchev–Trinajstić information content (AvgIpc) is 2.13. The van der Waals surface area contributed by atoms with E-state index >= 15 is 0 Å². The molecule has 0 saturated carbocycles. The molecule has 0 saturated heterocycles. The van der Waals surface area contributed by atoms with Crippen LogP contribution in [0.5, 0.6) is 5.75 Å². The second-order valence-electron chi connectivity index (χ2n) is 3.59. The Balaban J connectivity index is 3.24. The molecule has 76 valence electrons. The summed E-state index contributed by atoms with van der Waals surface area (Å²) in [5, 5.41) is 9.19. The molecule has 1 N–H and O–H groups in total. The molecule has 1 aromatic rings. The van der Waals surface area contributed by atoms with Crippen molar-refractivity contribution in [2.24, 2.45) is 5.92 Å². The maximum atomic E-state index is 13.5. The van der Waals surface area contributed by atoms with E-state index in [1.807, 2.05) is 0 Å². The fraction of sp³-hybridized carbons (Fsp3) is 0.364. The Labute approximate surface area is 82.4 Å². The Morgan fingerprint density at radius 2 is 2.00 bits per heavy atom. The zero-order valence-electron chi connectivity index (χ0n) is 8.47. The van der Waals surface area contributed by atoms with Gasteiger partial charge in [-0.25, -0.2) is 4.39 Å². The minimum absolute atomic E-state index is 0.0512. The van der Waals surface area contributed by atoms with E-state index in [1.165, 1.54) is 19.1 Å². The van der Waals surface area contributed by atoms with Crippen LogP contribution in [0.25, 0.3) is 0 Å². The molecular formula is C11H13FO2. The second-order valence-corrected chi connectivity index (χ2v) is 3.59. The minimum Gasteiger partial charge on any atom is -0.508 e. The van der Waals surface area contributed by atoms with Crippen LogP contribution < -0.4 is 0 Å². The van der Waals surface area contributed by atoms with Gasteiger partial charge in [-0.2, -0.15) is 0 Å². The predicted octanol–water partition coefficient (Wildman–Crippen LogP) is 2.68. The molecule has 0 aliphatic rings. The van der Waals surface area contributed by atoms with Crippen molar-refractivity contribution >= 4 is 5.78 Å². The molecule has 0 atom stereocenters. The van der Waals surface area contributed by atoms with Crippen LogP contribution in [0.1, 0.15) is 29.8 Å². The van der Waals surface area contributed by atoms with Gasteiger partial charge in [0.1, 0.15) is 11.6 Å². The smallest absolute Gasteiger partial charge is 0.168 e. The molecule has 0 unspecified atom stereocenters. The fourth-order valence-electron chi connectivity index (χ4n) is 1.18. The van der Waals surface area contributed by atoms with Crippen molar-refractivity contribution in [1.82, 2.24) is 0 Å². The van der Waals surface area contributed by atoms with Crippen LogP contribution in [0, 0.1) is 18.7 Å². The molecule has 0 fully saturated rings. The molecule has 14 heavy (non-hydrogen) atoms. The van der Waals surface area contributed by atoms with Crippen molar-refractivity contribution in [3.63, 3.8) is 0 Å². The van der Waals surface area contributed by atoms with Crippen LogP contribution in [0.2, 0.25) is 0 Å². The Hall–Kier alpha value is -1.38. The van der Waals surface area contributed by atoms with Gasteiger partial charge in [-0.05, 0) is 19.1 Å². The summed E-state index contributed by atoms with van der Waals surface area (Å²) in [5.74, 6) is -1.23. The van der Waals surface area contributed by atoms with Gasteiger partial charge in [-0.15, -0.1) is 0 Å². The summed E-state index contributed by atoms with van der Waals surface area (Å²) < 4.78 is 13.5. The van der Waals surface area contributed by atoms with E-state index < -0.39 is 5.82 Å². The van der Waals surface area contributed by atoms with Crippen molar-refractivity contribution < 1.29 is 14.3 Å². The first-order valence-corrected chi connectivity index (χ1v) is 4.47. The largest absolute Gasteiger partial charge is 0.508 e. The number of hydrogen-bond donors (Lipinski definition) is 1. The number of phenols is 1. The molecule has 0 bridgehead atoms. The molecule has 0 aromatic heterocycles. The van der Waals surface area contributed by atoms with E-state index in [0.717, 1.165) is 0 Å². The van der Waals surface area contributed by atoms with Crippen molar-refractivity contribution in [2.45, 2.75) is 20.8 Å². The van der Waals surface area contributed by atoms with Crippen LogP contribution in [0.3, 0.4) is 0 Å². The van der Waals surface area contributed by atoms with E-state index in [4.69, 9.17) is 0 Å². The van der Waals surface area contributed by atoms with Crippen LogP contribution in [-0.4, -0.2) is 10.9 Å². The number of Topliss-reactive ketones (excluding diaryl/α,β-unsaturated/α-hetero) is 1. The average molecular weight is 196 g/mol. The van der Waals surface area contributed by atoms with E-state index in [2.05, 4.69) is 0 Å². The number of hydrogen-bond acceptors (Lipinski definition) is 2. The SMILES string of the molecule is Cc1c(O)ccc(C(=O)C(C)C)c1F. The van der Waals surface area contributed by atoms with Gasteiger partial charge in [-0.1, -0.05) is 13.8 Å². The molecule has 1 rings (SSSR count). The monoisotopic (exact) mass is 196 g/mol. The Bertz CT molecular complexity index is 370. The Morgan fingerprint density at radius 3 is 2.50 bits per heavy atom. The molecule has 0 amide bonds. The van der Waals surface area contributed by atoms with Gasteiger partial charge in [0.2, 0.25) is 0 Å². The third-order valence-electron chi connectivity index (χ3n) is 2.15. The highest BCUT2D eigenvalue weighted by Gasteiger charge is 2.17. The van der Waals surface area contributed by atoms with Crippen LogP contribution >= 0.6 is 0 Å². The first-order chi connectivity index (χ1) is 6.45. The Kier molecular flexibility index (Phi) is 2.89. The van der Waals surface area contributed by atoms with Gasteiger partial charge in [-0.3, -0.25) is 4.79 Å². The molecular weight excluding hydrogens is 183 g/mol. The number of rotatable bonds is 2. The van der Waals surface area contributed by atoms with Gasteiger partial charge in [0.05, 0.1) is 5.56 Å². The zero-order valence-corrected chi connectivity index (χ0v) is 8.47. The number of ketones is 1. The summed E-state index contributed by atoms with van der Waals surface area (Å²) in [6.45, 7) is 4.87. The number of benzene rings is 1. The maximum Gasteiger partial charge on any atom is 0.168 e. The van der Waals surface area contributed by atoms with Crippen molar-refractivity contribution in [3.05, 3.63) is 29.1 Å². The summed E-state index contributed by atoms with van der Waals surface area (Å²) in [6.07, 6.45) is 0. The van der Waals surface area contributed by atoms with Gasteiger partial charge in [0.15, 0.2) is 5.78 Å². The van der Waals surface area contributed by atoms with Gasteiger partial charge >= 0.3 is 0 Å². The summed E-state index contributed by atoms with van der Waals surface area (Å²) in [6, 6.07) is 2.66. The standard InChI is InChI=1S/C11H13FO2/c1-6(2)11(14)8-4-5-9(13)7(3)10(8)12/h4-6,13H,1-3H3. The topological polar surface area (TPSA) is 37.3 Å². The third kappa shape index (κ3) is 1.76.